The highest BCUT2D eigenvalue weighted by molar-refractivity contribution is 5.71. The standard InChI is InChI=1S/C68H124O6/c1-4-7-10-13-16-19-22-25-28-31-33-35-37-40-43-46-49-52-55-58-61-67(70)73-64-65(63-72-66(69)60-57-54-51-48-45-42-39-36-30-27-24-21-18-15-12-9-6-3)74-68(71)62-59-56-53-50-47-44-41-38-34-32-29-26-23-20-17-14-11-8-5-2/h9,12,18,21,27,30,39,42,65H,4-8,10-11,13-17,19-20,22-26,28-29,31-38,40-41,43-64H2,1-3H3/b12-9-,21-18-,30-27-,42-39-. The van der Waals surface area contributed by atoms with Crippen molar-refractivity contribution in [1.29, 1.82) is 0 Å². The first-order valence-corrected chi connectivity index (χ1v) is 32.6. The summed E-state index contributed by atoms with van der Waals surface area (Å²) in [5, 5.41) is 0. The van der Waals surface area contributed by atoms with E-state index in [9.17, 15) is 14.4 Å². The Bertz CT molecular complexity index is 1280. The van der Waals surface area contributed by atoms with Gasteiger partial charge in [-0.25, -0.2) is 0 Å². The maximum Gasteiger partial charge on any atom is 0.306 e. The fourth-order valence-electron chi connectivity index (χ4n) is 9.73. The first-order valence-electron chi connectivity index (χ1n) is 32.6. The topological polar surface area (TPSA) is 78.9 Å². The molecule has 0 spiro atoms. The Labute approximate surface area is 460 Å². The quantitative estimate of drug-likeness (QED) is 0.0261. The molecule has 1 atom stereocenters. The largest absolute Gasteiger partial charge is 0.462 e. The molecular weight excluding hydrogens is 913 g/mol. The Kier molecular flexibility index (Phi) is 60.7. The molecule has 0 heterocycles. The van der Waals surface area contributed by atoms with Crippen LogP contribution < -0.4 is 0 Å². The maximum absolute atomic E-state index is 12.9. The van der Waals surface area contributed by atoms with E-state index in [2.05, 4.69) is 69.4 Å². The second-order valence-electron chi connectivity index (χ2n) is 22.0. The van der Waals surface area contributed by atoms with Crippen molar-refractivity contribution in [1.82, 2.24) is 0 Å². The van der Waals surface area contributed by atoms with Gasteiger partial charge in [0, 0.05) is 19.3 Å². The van der Waals surface area contributed by atoms with E-state index in [4.69, 9.17) is 14.2 Å². The van der Waals surface area contributed by atoms with E-state index in [-0.39, 0.29) is 31.1 Å². The smallest absolute Gasteiger partial charge is 0.306 e. The zero-order valence-corrected chi connectivity index (χ0v) is 49.6. The van der Waals surface area contributed by atoms with Crippen molar-refractivity contribution in [3.8, 4) is 0 Å². The number of carbonyl (C=O) groups is 3. The lowest BCUT2D eigenvalue weighted by Gasteiger charge is -2.18. The number of rotatable bonds is 60. The highest BCUT2D eigenvalue weighted by Crippen LogP contribution is 2.18. The molecule has 6 heteroatoms. The van der Waals surface area contributed by atoms with Gasteiger partial charge in [-0.1, -0.05) is 320 Å². The van der Waals surface area contributed by atoms with Gasteiger partial charge in [0.1, 0.15) is 13.2 Å². The molecule has 0 saturated carbocycles. The molecule has 0 N–H and O–H groups in total. The van der Waals surface area contributed by atoms with E-state index in [1.165, 1.54) is 212 Å². The Hall–Kier alpha value is -2.63. The van der Waals surface area contributed by atoms with E-state index in [1.54, 1.807) is 0 Å². The molecule has 0 saturated heterocycles. The first kappa shape index (κ1) is 71.4. The lowest BCUT2D eigenvalue weighted by molar-refractivity contribution is -0.167. The summed E-state index contributed by atoms with van der Waals surface area (Å²) in [6, 6.07) is 0. The Morgan fingerprint density at radius 3 is 0.824 bits per heavy atom. The monoisotopic (exact) mass is 1040 g/mol. The molecule has 0 bridgehead atoms. The molecule has 0 aliphatic heterocycles. The second-order valence-corrected chi connectivity index (χ2v) is 22.0. The van der Waals surface area contributed by atoms with Crippen LogP contribution >= 0.6 is 0 Å². The van der Waals surface area contributed by atoms with Crippen LogP contribution in [0.4, 0.5) is 0 Å². The third-order valence-electron chi connectivity index (χ3n) is 14.6. The van der Waals surface area contributed by atoms with Crippen LogP contribution in [-0.4, -0.2) is 37.2 Å². The van der Waals surface area contributed by atoms with Crippen LogP contribution in [0.15, 0.2) is 48.6 Å². The predicted molar refractivity (Wildman–Crippen MR) is 321 cm³/mol. The van der Waals surface area contributed by atoms with Gasteiger partial charge in [0.05, 0.1) is 0 Å². The molecule has 0 rings (SSSR count). The van der Waals surface area contributed by atoms with Gasteiger partial charge in [-0.2, -0.15) is 0 Å². The Balaban J connectivity index is 4.35. The third kappa shape index (κ3) is 60.2. The SMILES string of the molecule is CC/C=C\C/C=C\C/C=C\C/C=C\CCCCCCC(=O)OCC(COC(=O)CCCCCCCCCCCCCCCCCCCCCC)OC(=O)CCCCCCCCCCCCCCCCCCCCC. The van der Waals surface area contributed by atoms with E-state index in [0.717, 1.165) is 96.3 Å². The highest BCUT2D eigenvalue weighted by atomic mass is 16.6. The molecule has 432 valence electrons. The summed E-state index contributed by atoms with van der Waals surface area (Å²) in [5.74, 6) is -0.875. The number of ether oxygens (including phenoxy) is 3. The summed E-state index contributed by atoms with van der Waals surface area (Å²) >= 11 is 0. The van der Waals surface area contributed by atoms with E-state index in [1.807, 2.05) is 0 Å². The van der Waals surface area contributed by atoms with Gasteiger partial charge in [-0.3, -0.25) is 14.4 Å². The zero-order valence-electron chi connectivity index (χ0n) is 49.6. The van der Waals surface area contributed by atoms with Crippen LogP contribution in [-0.2, 0) is 28.6 Å². The van der Waals surface area contributed by atoms with E-state index >= 15 is 0 Å². The highest BCUT2D eigenvalue weighted by Gasteiger charge is 2.19. The molecule has 0 aromatic rings. The summed E-state index contributed by atoms with van der Waals surface area (Å²) in [7, 11) is 0. The summed E-state index contributed by atoms with van der Waals surface area (Å²) in [6.45, 7) is 6.57. The van der Waals surface area contributed by atoms with Crippen LogP contribution in [0.25, 0.3) is 0 Å². The maximum atomic E-state index is 12.9. The van der Waals surface area contributed by atoms with Crippen LogP contribution in [0.3, 0.4) is 0 Å². The molecule has 0 amide bonds. The van der Waals surface area contributed by atoms with Crippen molar-refractivity contribution in [2.45, 2.75) is 354 Å². The van der Waals surface area contributed by atoms with Crippen LogP contribution in [0.5, 0.6) is 0 Å². The van der Waals surface area contributed by atoms with E-state index in [0.29, 0.717) is 19.3 Å². The summed E-state index contributed by atoms with van der Waals surface area (Å²) < 4.78 is 16.9. The van der Waals surface area contributed by atoms with Gasteiger partial charge in [0.2, 0.25) is 0 Å². The second kappa shape index (κ2) is 62.9. The lowest BCUT2D eigenvalue weighted by Crippen LogP contribution is -2.30. The predicted octanol–water partition coefficient (Wildman–Crippen LogP) is 22.2. The van der Waals surface area contributed by atoms with Crippen molar-refractivity contribution in [2.24, 2.45) is 0 Å². The summed E-state index contributed by atoms with van der Waals surface area (Å²) in [5.41, 5.74) is 0. The van der Waals surface area contributed by atoms with Gasteiger partial charge in [0.25, 0.3) is 0 Å². The van der Waals surface area contributed by atoms with Crippen molar-refractivity contribution >= 4 is 17.9 Å². The average molecular weight is 1040 g/mol. The van der Waals surface area contributed by atoms with Crippen LogP contribution in [0.2, 0.25) is 0 Å². The first-order chi connectivity index (χ1) is 36.5. The van der Waals surface area contributed by atoms with Gasteiger partial charge in [-0.15, -0.1) is 0 Å². The Morgan fingerprint density at radius 2 is 0.527 bits per heavy atom. The number of hydrogen-bond acceptors (Lipinski definition) is 6. The normalized spacial score (nSPS) is 12.3. The van der Waals surface area contributed by atoms with Gasteiger partial charge in [0.15, 0.2) is 6.10 Å². The van der Waals surface area contributed by atoms with Crippen molar-refractivity contribution in [3.63, 3.8) is 0 Å². The number of allylic oxidation sites excluding steroid dienone is 8. The van der Waals surface area contributed by atoms with Crippen LogP contribution in [0.1, 0.15) is 348 Å². The lowest BCUT2D eigenvalue weighted by atomic mass is 10.0. The molecule has 0 aliphatic carbocycles. The molecule has 74 heavy (non-hydrogen) atoms. The van der Waals surface area contributed by atoms with Crippen LogP contribution in [0, 0.1) is 0 Å². The fraction of sp³-hybridized carbons (Fsp3) is 0.838. The average Bonchev–Trinajstić information content (AvgIpc) is 3.40. The zero-order chi connectivity index (χ0) is 53.6. The summed E-state index contributed by atoms with van der Waals surface area (Å²) in [6.07, 6.45) is 78.3. The Morgan fingerprint density at radius 1 is 0.284 bits per heavy atom. The third-order valence-corrected chi connectivity index (χ3v) is 14.6. The fourth-order valence-corrected chi connectivity index (χ4v) is 9.73. The van der Waals surface area contributed by atoms with E-state index < -0.39 is 6.10 Å². The molecule has 6 nitrogen and oxygen atoms in total. The van der Waals surface area contributed by atoms with Gasteiger partial charge < -0.3 is 14.2 Å². The number of unbranched alkanes of at least 4 members (excludes halogenated alkanes) is 41. The number of carbonyl (C=O) groups excluding carboxylic acids is 3. The molecular formula is C68H124O6. The molecule has 0 aromatic carbocycles. The number of hydrogen-bond donors (Lipinski definition) is 0. The van der Waals surface area contributed by atoms with Crippen molar-refractivity contribution in [3.05, 3.63) is 48.6 Å². The minimum atomic E-state index is -0.781. The van der Waals surface area contributed by atoms with Crippen molar-refractivity contribution in [2.75, 3.05) is 13.2 Å². The molecule has 1 unspecified atom stereocenters. The molecule has 0 fully saturated rings. The number of esters is 3. The molecule has 0 aromatic heterocycles. The summed E-state index contributed by atoms with van der Waals surface area (Å²) in [4.78, 5) is 38.3. The van der Waals surface area contributed by atoms with Crippen molar-refractivity contribution < 1.29 is 28.6 Å². The molecule has 0 aliphatic rings. The minimum Gasteiger partial charge on any atom is -0.462 e. The van der Waals surface area contributed by atoms with Gasteiger partial charge in [-0.05, 0) is 57.8 Å². The minimum absolute atomic E-state index is 0.0759. The molecule has 0 radical (unpaired) electrons. The van der Waals surface area contributed by atoms with Gasteiger partial charge >= 0.3 is 17.9 Å².